The van der Waals surface area contributed by atoms with Crippen LogP contribution in [0.2, 0.25) is 0 Å². The van der Waals surface area contributed by atoms with Gasteiger partial charge in [0.2, 0.25) is 0 Å². The number of halogens is 1. The monoisotopic (exact) mass is 252 g/mol. The molecular formula is C13H17FN2O2. The fourth-order valence-electron chi connectivity index (χ4n) is 2.09. The molecule has 1 aromatic rings. The van der Waals surface area contributed by atoms with Crippen molar-refractivity contribution in [1.29, 1.82) is 0 Å². The molecule has 0 aromatic heterocycles. The normalized spacial score (nSPS) is 16.3. The predicted octanol–water partition coefficient (Wildman–Crippen LogP) is 1.39. The van der Waals surface area contributed by atoms with E-state index in [4.69, 9.17) is 5.73 Å². The number of carbonyl (C=O) groups is 1. The Kier molecular flexibility index (Phi) is 3.52. The van der Waals surface area contributed by atoms with Gasteiger partial charge >= 0.3 is 0 Å². The summed E-state index contributed by atoms with van der Waals surface area (Å²) in [6.07, 6.45) is 2.93. The second kappa shape index (κ2) is 4.94. The molecule has 1 saturated carbocycles. The highest BCUT2D eigenvalue weighted by molar-refractivity contribution is 5.97. The van der Waals surface area contributed by atoms with Gasteiger partial charge in [-0.1, -0.05) is 6.07 Å². The summed E-state index contributed by atoms with van der Waals surface area (Å²) < 4.78 is 13.4. The Hall–Kier alpha value is -1.62. The number of phenolic OH excluding ortho intramolecular Hbond substituents is 1. The second-order valence-corrected chi connectivity index (χ2v) is 4.86. The first-order valence-corrected chi connectivity index (χ1v) is 6.04. The van der Waals surface area contributed by atoms with Crippen molar-refractivity contribution in [1.82, 2.24) is 5.32 Å². The second-order valence-electron chi connectivity index (χ2n) is 4.86. The largest absolute Gasteiger partial charge is 0.507 e. The number of benzene rings is 1. The molecule has 2 rings (SSSR count). The molecule has 0 atom stereocenters. The summed E-state index contributed by atoms with van der Waals surface area (Å²) in [4.78, 5) is 11.8. The number of nitrogens with two attached hydrogens (primary N) is 1. The van der Waals surface area contributed by atoms with Gasteiger partial charge in [0.1, 0.15) is 17.1 Å². The van der Waals surface area contributed by atoms with E-state index in [1.54, 1.807) is 0 Å². The molecule has 0 saturated heterocycles. The van der Waals surface area contributed by atoms with E-state index < -0.39 is 11.7 Å². The molecule has 0 spiro atoms. The number of amides is 1. The first-order valence-electron chi connectivity index (χ1n) is 6.04. The van der Waals surface area contributed by atoms with Crippen LogP contribution in [-0.4, -0.2) is 24.1 Å². The third-order valence-electron chi connectivity index (χ3n) is 3.47. The van der Waals surface area contributed by atoms with Crippen LogP contribution < -0.4 is 11.1 Å². The van der Waals surface area contributed by atoms with Gasteiger partial charge in [0.25, 0.3) is 5.91 Å². The van der Waals surface area contributed by atoms with Crippen LogP contribution in [0.25, 0.3) is 0 Å². The number of carbonyl (C=O) groups excluding carboxylic acids is 1. The number of rotatable bonds is 5. The van der Waals surface area contributed by atoms with Gasteiger partial charge in [0.15, 0.2) is 0 Å². The van der Waals surface area contributed by atoms with Crippen LogP contribution in [0, 0.1) is 11.2 Å². The van der Waals surface area contributed by atoms with E-state index >= 15 is 0 Å². The van der Waals surface area contributed by atoms with Crippen LogP contribution in [-0.2, 0) is 0 Å². The van der Waals surface area contributed by atoms with Gasteiger partial charge in [0, 0.05) is 6.54 Å². The average molecular weight is 252 g/mol. The van der Waals surface area contributed by atoms with Gasteiger partial charge < -0.3 is 16.2 Å². The summed E-state index contributed by atoms with van der Waals surface area (Å²) in [6, 6.07) is 3.81. The predicted molar refractivity (Wildman–Crippen MR) is 65.7 cm³/mol. The smallest absolute Gasteiger partial charge is 0.258 e. The Labute approximate surface area is 105 Å². The summed E-state index contributed by atoms with van der Waals surface area (Å²) >= 11 is 0. The molecule has 0 heterocycles. The maximum absolute atomic E-state index is 13.4. The summed E-state index contributed by atoms with van der Waals surface area (Å²) in [5, 5.41) is 12.2. The molecule has 98 valence electrons. The first-order chi connectivity index (χ1) is 8.58. The molecule has 0 unspecified atom stereocenters. The van der Waals surface area contributed by atoms with Gasteiger partial charge in [-0.2, -0.15) is 0 Å². The van der Waals surface area contributed by atoms with E-state index in [-0.39, 0.29) is 16.7 Å². The summed E-state index contributed by atoms with van der Waals surface area (Å²) in [5.74, 6) is -1.62. The van der Waals surface area contributed by atoms with E-state index in [1.807, 2.05) is 0 Å². The van der Waals surface area contributed by atoms with Gasteiger partial charge in [-0.3, -0.25) is 4.79 Å². The highest BCUT2D eigenvalue weighted by Gasteiger charge is 2.41. The summed E-state index contributed by atoms with van der Waals surface area (Å²) in [6.45, 7) is 1.07. The number of hydrogen-bond acceptors (Lipinski definition) is 3. The fraction of sp³-hybridized carbons (Fsp3) is 0.462. The molecule has 18 heavy (non-hydrogen) atoms. The van der Waals surface area contributed by atoms with Gasteiger partial charge in [-0.05, 0) is 43.4 Å². The molecule has 5 heteroatoms. The topological polar surface area (TPSA) is 75.3 Å². The molecular weight excluding hydrogens is 235 g/mol. The van der Waals surface area contributed by atoms with Crippen molar-refractivity contribution in [3.05, 3.63) is 29.6 Å². The minimum Gasteiger partial charge on any atom is -0.507 e. The van der Waals surface area contributed by atoms with Crippen LogP contribution in [0.4, 0.5) is 4.39 Å². The van der Waals surface area contributed by atoms with Crippen LogP contribution in [0.1, 0.15) is 29.6 Å². The standard InChI is InChI=1S/C13H17FN2O2/c14-9-2-1-3-10(17)11(9)12(18)16-8-13(4-5-13)6-7-15/h1-3,17H,4-8,15H2,(H,16,18). The lowest BCUT2D eigenvalue weighted by Gasteiger charge is -2.15. The van der Waals surface area contributed by atoms with Crippen molar-refractivity contribution in [2.75, 3.05) is 13.1 Å². The van der Waals surface area contributed by atoms with E-state index in [1.165, 1.54) is 12.1 Å². The molecule has 1 amide bonds. The van der Waals surface area contributed by atoms with Crippen molar-refractivity contribution in [2.45, 2.75) is 19.3 Å². The minimum atomic E-state index is -0.712. The maximum Gasteiger partial charge on any atom is 0.258 e. The molecule has 1 fully saturated rings. The van der Waals surface area contributed by atoms with Gasteiger partial charge in [-0.15, -0.1) is 0 Å². The number of hydrogen-bond donors (Lipinski definition) is 3. The van der Waals surface area contributed by atoms with E-state index in [2.05, 4.69) is 5.32 Å². The van der Waals surface area contributed by atoms with Crippen molar-refractivity contribution in [2.24, 2.45) is 11.1 Å². The van der Waals surface area contributed by atoms with Gasteiger partial charge in [0.05, 0.1) is 0 Å². The molecule has 1 aromatic carbocycles. The SMILES string of the molecule is NCCC1(CNC(=O)c2c(O)cccc2F)CC1. The minimum absolute atomic E-state index is 0.0886. The van der Waals surface area contributed by atoms with Crippen molar-refractivity contribution in [3.63, 3.8) is 0 Å². The van der Waals surface area contributed by atoms with Crippen LogP contribution >= 0.6 is 0 Å². The quantitative estimate of drug-likeness (QED) is 0.741. The Morgan fingerprint density at radius 2 is 2.22 bits per heavy atom. The Morgan fingerprint density at radius 1 is 1.50 bits per heavy atom. The van der Waals surface area contributed by atoms with Crippen molar-refractivity contribution >= 4 is 5.91 Å². The summed E-state index contributed by atoms with van der Waals surface area (Å²) in [5.41, 5.74) is 5.31. The number of nitrogens with one attached hydrogen (secondary N) is 1. The van der Waals surface area contributed by atoms with E-state index in [0.29, 0.717) is 13.1 Å². The van der Waals surface area contributed by atoms with Gasteiger partial charge in [-0.25, -0.2) is 4.39 Å². The first kappa shape index (κ1) is 12.8. The Balaban J connectivity index is 2.00. The van der Waals surface area contributed by atoms with Crippen LogP contribution in [0.15, 0.2) is 18.2 Å². The van der Waals surface area contributed by atoms with E-state index in [9.17, 15) is 14.3 Å². The summed E-state index contributed by atoms with van der Waals surface area (Å²) in [7, 11) is 0. The van der Waals surface area contributed by atoms with E-state index in [0.717, 1.165) is 25.3 Å². The fourth-order valence-corrected chi connectivity index (χ4v) is 2.09. The zero-order valence-corrected chi connectivity index (χ0v) is 10.1. The molecule has 0 aliphatic heterocycles. The highest BCUT2D eigenvalue weighted by atomic mass is 19.1. The van der Waals surface area contributed by atoms with Crippen molar-refractivity contribution < 1.29 is 14.3 Å². The lowest BCUT2D eigenvalue weighted by Crippen LogP contribution is -2.31. The third-order valence-corrected chi connectivity index (χ3v) is 3.47. The Bertz CT molecular complexity index is 438. The number of aromatic hydroxyl groups is 1. The molecule has 1 aliphatic rings. The number of phenols is 1. The lowest BCUT2D eigenvalue weighted by molar-refractivity contribution is 0.0937. The molecule has 4 nitrogen and oxygen atoms in total. The highest BCUT2D eigenvalue weighted by Crippen LogP contribution is 2.47. The molecule has 4 N–H and O–H groups in total. The average Bonchev–Trinajstić information content (AvgIpc) is 3.07. The zero-order chi connectivity index (χ0) is 13.2. The zero-order valence-electron chi connectivity index (χ0n) is 10.1. The molecule has 0 bridgehead atoms. The molecule has 0 radical (unpaired) electrons. The molecule has 1 aliphatic carbocycles. The van der Waals surface area contributed by atoms with Crippen LogP contribution in [0.3, 0.4) is 0 Å². The lowest BCUT2D eigenvalue weighted by atomic mass is 10.0. The third kappa shape index (κ3) is 2.61. The Morgan fingerprint density at radius 3 is 2.78 bits per heavy atom. The van der Waals surface area contributed by atoms with Crippen LogP contribution in [0.5, 0.6) is 5.75 Å². The van der Waals surface area contributed by atoms with Crippen molar-refractivity contribution in [3.8, 4) is 5.75 Å². The maximum atomic E-state index is 13.4.